The van der Waals surface area contributed by atoms with E-state index in [1.165, 1.54) is 0 Å². The third kappa shape index (κ3) is 2080000000000000052817177116435021824. The highest BCUT2D eigenvalue weighted by Gasteiger charge is 1.85. The first-order valence-corrected chi connectivity index (χ1v) is 8.46. The summed E-state index contributed by atoms with van der Waals surface area (Å²) >= 11 is 0. The average Bonchev–Trinajstić information content (AvgIpc) is 1.71. The monoisotopic (exact) mass is 358 g/mol. The molecule has 0 rings (SSSR count). The molecular formula is CH11O13PS3. The number of hydrogen-bond acceptors (Lipinski definition) is 7. The summed E-state index contributed by atoms with van der Waals surface area (Å²) in [4.78, 5) is 7.60. The Labute approximate surface area is 104 Å². The highest BCUT2D eigenvalue weighted by Crippen LogP contribution is 1.83. The maximum absolute atomic E-state index is 8.74. The summed E-state index contributed by atoms with van der Waals surface area (Å²) in [6, 6.07) is 0. The van der Waals surface area contributed by atoms with E-state index in [1.54, 1.807) is 6.66 Å². The van der Waals surface area contributed by atoms with Gasteiger partial charge in [-0.1, -0.05) is 0 Å². The molecule has 0 bridgehead atoms. The minimum absolute atomic E-state index is 0.0833. The van der Waals surface area contributed by atoms with E-state index < -0.39 is 31.2 Å². The zero-order valence-corrected chi connectivity index (χ0v) is 11.8. The molecule has 0 aromatic carbocycles. The van der Waals surface area contributed by atoms with Gasteiger partial charge in [-0.05, 0) is 6.66 Å². The second-order valence-electron chi connectivity index (χ2n) is 1.57. The quantitative estimate of drug-likeness (QED) is 0.187. The lowest BCUT2D eigenvalue weighted by molar-refractivity contribution is 0.378. The molecule has 13 nitrogen and oxygen atoms in total. The Bertz CT molecular complexity index is 357. The number of rotatable bonds is 0. The highest BCUT2D eigenvalue weighted by atomic mass is 32.3. The van der Waals surface area contributed by atoms with Crippen LogP contribution in [0.1, 0.15) is 0 Å². The second kappa shape index (κ2) is 12.1. The molecule has 18 heavy (non-hydrogen) atoms. The summed E-state index contributed by atoms with van der Waals surface area (Å²) in [5.41, 5.74) is 0. The molecule has 0 fully saturated rings. The van der Waals surface area contributed by atoms with E-state index in [0.717, 1.165) is 0 Å². The molecule has 0 aliphatic carbocycles. The van der Waals surface area contributed by atoms with Crippen LogP contribution >= 0.6 is 8.81 Å². The lowest BCUT2D eigenvalue weighted by Gasteiger charge is -1.68. The average molecular weight is 358 g/mol. The van der Waals surface area contributed by atoms with Gasteiger partial charge in [0.15, 0.2) is 0 Å². The second-order valence-corrected chi connectivity index (χ2v) is 4.70. The fourth-order valence-corrected chi connectivity index (χ4v) is 0. The van der Waals surface area contributed by atoms with Crippen LogP contribution in [0, 0.1) is 0 Å². The SMILES string of the molecule is CPO.O=S(=O)(O)O.O=S(=O)(O)O.O=S(=O)(O)O. The van der Waals surface area contributed by atoms with E-state index >= 15 is 0 Å². The van der Waals surface area contributed by atoms with Crippen LogP contribution in [0.3, 0.4) is 0 Å². The summed E-state index contributed by atoms with van der Waals surface area (Å²) in [5, 5.41) is 0. The van der Waals surface area contributed by atoms with Crippen LogP contribution in [0.15, 0.2) is 0 Å². The predicted molar refractivity (Wildman–Crippen MR) is 59.0 cm³/mol. The predicted octanol–water partition coefficient (Wildman–Crippen LogP) is -1.76. The van der Waals surface area contributed by atoms with Gasteiger partial charge in [-0.15, -0.1) is 0 Å². The maximum Gasteiger partial charge on any atom is 0.394 e. The van der Waals surface area contributed by atoms with Crippen LogP contribution in [0.5, 0.6) is 0 Å². The standard InChI is InChI=1S/CH5OP.3H2O4S/c1-3-2;3*1-5(2,3)4/h2-3H,1H3;3*(H2,1,2,3,4). The normalized spacial score (nSPS) is 11.3. The number of hydrogen-bond donors (Lipinski definition) is 7. The van der Waals surface area contributed by atoms with Crippen LogP contribution < -0.4 is 0 Å². The zero-order valence-electron chi connectivity index (χ0n) is 8.30. The highest BCUT2D eigenvalue weighted by molar-refractivity contribution is 7.80. The van der Waals surface area contributed by atoms with Crippen LogP contribution in [-0.2, 0) is 31.2 Å². The van der Waals surface area contributed by atoms with Gasteiger partial charge in [0.25, 0.3) is 0 Å². The van der Waals surface area contributed by atoms with Gasteiger partial charge in [-0.3, -0.25) is 27.3 Å². The van der Waals surface area contributed by atoms with E-state index in [2.05, 4.69) is 0 Å². The van der Waals surface area contributed by atoms with E-state index in [4.69, 9.17) is 57.5 Å². The topological polar surface area (TPSA) is 244 Å². The molecular weight excluding hydrogens is 347 g/mol. The van der Waals surface area contributed by atoms with Gasteiger partial charge in [0.1, 0.15) is 0 Å². The van der Waals surface area contributed by atoms with Crippen molar-refractivity contribution in [3.63, 3.8) is 0 Å². The fourth-order valence-electron chi connectivity index (χ4n) is 0. The minimum atomic E-state index is -4.67. The van der Waals surface area contributed by atoms with Crippen molar-refractivity contribution >= 4 is 40.0 Å². The molecule has 0 aliphatic rings. The van der Waals surface area contributed by atoms with Crippen molar-refractivity contribution in [3.8, 4) is 0 Å². The molecule has 0 heterocycles. The van der Waals surface area contributed by atoms with Crippen molar-refractivity contribution in [1.82, 2.24) is 0 Å². The zero-order chi connectivity index (χ0) is 16.2. The van der Waals surface area contributed by atoms with Gasteiger partial charge < -0.3 is 4.89 Å². The van der Waals surface area contributed by atoms with Gasteiger partial charge >= 0.3 is 31.2 Å². The van der Waals surface area contributed by atoms with Crippen molar-refractivity contribution in [1.29, 1.82) is 0 Å². The van der Waals surface area contributed by atoms with E-state index in [9.17, 15) is 0 Å². The van der Waals surface area contributed by atoms with Crippen molar-refractivity contribution in [2.75, 3.05) is 6.66 Å². The first-order chi connectivity index (χ1) is 7.41. The molecule has 0 aliphatic heterocycles. The molecule has 1 atom stereocenters. The molecule has 0 saturated carbocycles. The first kappa shape index (κ1) is 26.5. The van der Waals surface area contributed by atoms with Crippen molar-refractivity contribution < 1.29 is 57.5 Å². The van der Waals surface area contributed by atoms with Gasteiger partial charge in [0.05, 0.1) is 0 Å². The van der Waals surface area contributed by atoms with Gasteiger partial charge in [-0.2, -0.15) is 25.3 Å². The summed E-state index contributed by atoms with van der Waals surface area (Å²) in [5.74, 6) is 0. The summed E-state index contributed by atoms with van der Waals surface area (Å²) < 4.78 is 94.8. The first-order valence-electron chi connectivity index (χ1n) is 2.82. The minimum Gasteiger partial charge on any atom is -0.377 e. The smallest absolute Gasteiger partial charge is 0.377 e. The van der Waals surface area contributed by atoms with Crippen LogP contribution in [0.25, 0.3) is 0 Å². The van der Waals surface area contributed by atoms with Crippen LogP contribution in [-0.4, -0.2) is 64.1 Å². The molecule has 116 valence electrons. The Morgan fingerprint density at radius 3 is 0.611 bits per heavy atom. The Morgan fingerprint density at radius 1 is 0.611 bits per heavy atom. The van der Waals surface area contributed by atoms with Gasteiger partial charge in [0, 0.05) is 8.81 Å². The van der Waals surface area contributed by atoms with Crippen molar-refractivity contribution in [3.05, 3.63) is 0 Å². The van der Waals surface area contributed by atoms with Gasteiger partial charge in [0.2, 0.25) is 0 Å². The summed E-state index contributed by atoms with van der Waals surface area (Å²) in [6.45, 7) is 1.71. The molecule has 1 unspecified atom stereocenters. The largest absolute Gasteiger partial charge is 0.394 e. The molecule has 17 heteroatoms. The Kier molecular flexibility index (Phi) is 17.8. The Morgan fingerprint density at radius 2 is 0.611 bits per heavy atom. The molecule has 0 saturated heterocycles. The Balaban J connectivity index is -0.0000000739. The molecule has 0 radical (unpaired) electrons. The Hall–Kier alpha value is -0.0000000000000000416. The van der Waals surface area contributed by atoms with Crippen LogP contribution in [0.2, 0.25) is 0 Å². The van der Waals surface area contributed by atoms with Gasteiger partial charge in [-0.25, -0.2) is 0 Å². The lowest BCUT2D eigenvalue weighted by atomic mass is 12.0. The third-order valence-electron chi connectivity index (χ3n) is 0. The molecule has 0 spiro atoms. The van der Waals surface area contributed by atoms with E-state index in [1.807, 2.05) is 0 Å². The lowest BCUT2D eigenvalue weighted by Crippen LogP contribution is -1.89. The molecule has 7 N–H and O–H groups in total. The van der Waals surface area contributed by atoms with E-state index in [-0.39, 0.29) is 8.81 Å². The summed E-state index contributed by atoms with van der Waals surface area (Å²) in [7, 11) is -13.9. The van der Waals surface area contributed by atoms with Crippen LogP contribution in [0.4, 0.5) is 0 Å². The van der Waals surface area contributed by atoms with Crippen molar-refractivity contribution in [2.45, 2.75) is 0 Å². The molecule has 0 amide bonds. The molecule has 0 aromatic heterocycles. The van der Waals surface area contributed by atoms with Crippen molar-refractivity contribution in [2.24, 2.45) is 0 Å². The maximum atomic E-state index is 8.74. The van der Waals surface area contributed by atoms with E-state index in [0.29, 0.717) is 0 Å². The summed E-state index contributed by atoms with van der Waals surface area (Å²) in [6.07, 6.45) is 0. The third-order valence-corrected chi connectivity index (χ3v) is 0. The fraction of sp³-hybridized carbons (Fsp3) is 1.00. The molecule has 0 aromatic rings.